The maximum absolute atomic E-state index is 14.2. The lowest BCUT2D eigenvalue weighted by Gasteiger charge is -2.34. The number of hydrogen-bond donors (Lipinski definition) is 1. The Bertz CT molecular complexity index is 1250. The van der Waals surface area contributed by atoms with E-state index in [0.717, 1.165) is 36.1 Å². The molecule has 1 fully saturated rings. The fourth-order valence-corrected chi connectivity index (χ4v) is 5.96. The summed E-state index contributed by atoms with van der Waals surface area (Å²) < 4.78 is 22.4. The fraction of sp³-hybridized carbons (Fsp3) is 0.419. The first kappa shape index (κ1) is 29.3. The highest BCUT2D eigenvalue weighted by molar-refractivity contribution is 7.10. The number of hydrogen-bond acceptors (Lipinski definition) is 7. The van der Waals surface area contributed by atoms with Crippen LogP contribution < -0.4 is 24.3 Å². The zero-order chi connectivity index (χ0) is 28.5. The number of benzene rings is 2. The van der Waals surface area contributed by atoms with Crippen LogP contribution in [0.4, 0.5) is 0 Å². The average Bonchev–Trinajstić information content (AvgIpc) is 3.50. The quantitative estimate of drug-likeness (QED) is 0.310. The number of carbonyl (C=O) groups excluding carboxylic acids is 2. The van der Waals surface area contributed by atoms with E-state index in [-0.39, 0.29) is 30.8 Å². The molecule has 1 N–H and O–H groups in total. The van der Waals surface area contributed by atoms with Gasteiger partial charge in [-0.25, -0.2) is 0 Å². The lowest BCUT2D eigenvalue weighted by Crippen LogP contribution is -2.47. The molecule has 3 aromatic rings. The third-order valence-corrected chi connectivity index (χ3v) is 8.15. The van der Waals surface area contributed by atoms with E-state index in [1.54, 1.807) is 24.1 Å². The molecule has 214 valence electrons. The van der Waals surface area contributed by atoms with E-state index in [1.807, 2.05) is 41.8 Å². The Kier molecular flexibility index (Phi) is 10.3. The van der Waals surface area contributed by atoms with E-state index < -0.39 is 6.04 Å². The number of amides is 2. The molecule has 0 spiro atoms. The summed E-state index contributed by atoms with van der Waals surface area (Å²) in [6, 6.07) is 14.0. The SMILES string of the molecule is COc1ccccc1CN(C(=O)Cc1cccs1)[C@@H](C(=O)NC1CCCCC1)c1cc(OC)c(OC)c(OC)c1. The van der Waals surface area contributed by atoms with Crippen molar-refractivity contribution in [2.24, 2.45) is 0 Å². The van der Waals surface area contributed by atoms with Gasteiger partial charge < -0.3 is 29.2 Å². The second-order valence-electron chi connectivity index (χ2n) is 9.79. The Morgan fingerprint density at radius 1 is 0.900 bits per heavy atom. The van der Waals surface area contributed by atoms with Crippen LogP contribution >= 0.6 is 11.3 Å². The molecule has 0 radical (unpaired) electrons. The van der Waals surface area contributed by atoms with Crippen molar-refractivity contribution in [3.05, 3.63) is 69.9 Å². The maximum atomic E-state index is 14.2. The van der Waals surface area contributed by atoms with E-state index in [0.29, 0.717) is 28.6 Å². The van der Waals surface area contributed by atoms with Crippen molar-refractivity contribution >= 4 is 23.2 Å². The molecule has 0 unspecified atom stereocenters. The van der Waals surface area contributed by atoms with Gasteiger partial charge in [-0.3, -0.25) is 9.59 Å². The molecular formula is C31H38N2O6S. The van der Waals surface area contributed by atoms with E-state index in [2.05, 4.69) is 5.32 Å². The average molecular weight is 567 g/mol. The third kappa shape index (κ3) is 6.88. The van der Waals surface area contributed by atoms with Crippen LogP contribution in [0.5, 0.6) is 23.0 Å². The topological polar surface area (TPSA) is 86.3 Å². The molecule has 0 saturated heterocycles. The van der Waals surface area contributed by atoms with Gasteiger partial charge in [-0.1, -0.05) is 43.5 Å². The van der Waals surface area contributed by atoms with E-state index in [1.165, 1.54) is 39.1 Å². The van der Waals surface area contributed by atoms with Crippen LogP contribution in [0.15, 0.2) is 53.9 Å². The monoisotopic (exact) mass is 566 g/mol. The molecule has 1 heterocycles. The Morgan fingerprint density at radius 3 is 2.17 bits per heavy atom. The highest BCUT2D eigenvalue weighted by atomic mass is 32.1. The molecule has 40 heavy (non-hydrogen) atoms. The number of carbonyl (C=O) groups is 2. The lowest BCUT2D eigenvalue weighted by molar-refractivity contribution is -0.141. The van der Waals surface area contributed by atoms with Crippen LogP contribution in [-0.2, 0) is 22.6 Å². The van der Waals surface area contributed by atoms with Crippen LogP contribution in [0, 0.1) is 0 Å². The van der Waals surface area contributed by atoms with Crippen molar-refractivity contribution < 1.29 is 28.5 Å². The van der Waals surface area contributed by atoms with E-state index in [4.69, 9.17) is 18.9 Å². The highest BCUT2D eigenvalue weighted by Crippen LogP contribution is 2.41. The van der Waals surface area contributed by atoms with Crippen LogP contribution in [0.3, 0.4) is 0 Å². The normalized spacial score (nSPS) is 14.2. The molecule has 1 aromatic heterocycles. The van der Waals surface area contributed by atoms with Crippen LogP contribution in [-0.4, -0.2) is 51.2 Å². The predicted octanol–water partition coefficient (Wildman–Crippen LogP) is 5.54. The molecule has 1 aliphatic carbocycles. The summed E-state index contributed by atoms with van der Waals surface area (Å²) in [6.07, 6.45) is 5.32. The summed E-state index contributed by atoms with van der Waals surface area (Å²) in [6.45, 7) is 0.174. The number of para-hydroxylation sites is 1. The minimum atomic E-state index is -0.951. The summed E-state index contributed by atoms with van der Waals surface area (Å²) >= 11 is 1.51. The zero-order valence-corrected chi connectivity index (χ0v) is 24.4. The molecular weight excluding hydrogens is 528 g/mol. The molecule has 1 saturated carbocycles. The predicted molar refractivity (Wildman–Crippen MR) is 155 cm³/mol. The number of methoxy groups -OCH3 is 4. The van der Waals surface area contributed by atoms with E-state index in [9.17, 15) is 9.59 Å². The standard InChI is InChI=1S/C31H38N2O6S/c1-36-25-15-9-8-11-21(25)20-33(28(34)19-24-14-10-16-40-24)29(31(35)32-23-12-6-5-7-13-23)22-17-26(37-2)30(39-4)27(18-22)38-3/h8-11,14-18,23,29H,5-7,12-13,19-20H2,1-4H3,(H,32,35)/t29-/m1/s1. The van der Waals surface area contributed by atoms with Crippen LogP contribution in [0.2, 0.25) is 0 Å². The maximum Gasteiger partial charge on any atom is 0.247 e. The Morgan fingerprint density at radius 2 is 1.57 bits per heavy atom. The van der Waals surface area contributed by atoms with Gasteiger partial charge in [0.05, 0.1) is 41.4 Å². The number of nitrogens with one attached hydrogen (secondary N) is 1. The first-order chi connectivity index (χ1) is 19.5. The van der Waals surface area contributed by atoms with Crippen molar-refractivity contribution in [3.8, 4) is 23.0 Å². The summed E-state index contributed by atoms with van der Waals surface area (Å²) in [5.41, 5.74) is 1.37. The summed E-state index contributed by atoms with van der Waals surface area (Å²) in [5.74, 6) is 1.47. The molecule has 2 amide bonds. The molecule has 1 aliphatic rings. The first-order valence-corrected chi connectivity index (χ1v) is 14.4. The summed E-state index contributed by atoms with van der Waals surface area (Å²) in [4.78, 5) is 30.9. The van der Waals surface area contributed by atoms with Gasteiger partial charge in [-0.05, 0) is 48.1 Å². The van der Waals surface area contributed by atoms with Gasteiger partial charge in [0.1, 0.15) is 11.8 Å². The van der Waals surface area contributed by atoms with Gasteiger partial charge in [0.15, 0.2) is 11.5 Å². The van der Waals surface area contributed by atoms with Crippen molar-refractivity contribution in [2.45, 2.75) is 57.2 Å². The molecule has 1 atom stereocenters. The third-order valence-electron chi connectivity index (χ3n) is 7.27. The van der Waals surface area contributed by atoms with Gasteiger partial charge in [-0.2, -0.15) is 0 Å². The summed E-state index contributed by atoms with van der Waals surface area (Å²) in [7, 11) is 6.20. The Hall–Kier alpha value is -3.72. The van der Waals surface area contributed by atoms with Crippen molar-refractivity contribution in [3.63, 3.8) is 0 Å². The van der Waals surface area contributed by atoms with Crippen molar-refractivity contribution in [1.82, 2.24) is 10.2 Å². The molecule has 2 aromatic carbocycles. The number of nitrogens with zero attached hydrogens (tertiary/aromatic N) is 1. The largest absolute Gasteiger partial charge is 0.496 e. The fourth-order valence-electron chi connectivity index (χ4n) is 5.26. The number of rotatable bonds is 12. The Balaban J connectivity index is 1.83. The number of thiophene rings is 1. The van der Waals surface area contributed by atoms with Gasteiger partial charge in [0, 0.05) is 16.5 Å². The van der Waals surface area contributed by atoms with Gasteiger partial charge in [0.25, 0.3) is 0 Å². The molecule has 0 bridgehead atoms. The lowest BCUT2D eigenvalue weighted by atomic mass is 9.94. The van der Waals surface area contributed by atoms with Gasteiger partial charge in [0.2, 0.25) is 17.6 Å². The van der Waals surface area contributed by atoms with Crippen molar-refractivity contribution in [2.75, 3.05) is 28.4 Å². The van der Waals surface area contributed by atoms with Gasteiger partial charge >= 0.3 is 0 Å². The molecule has 8 nitrogen and oxygen atoms in total. The van der Waals surface area contributed by atoms with E-state index >= 15 is 0 Å². The molecule has 0 aliphatic heterocycles. The van der Waals surface area contributed by atoms with Crippen LogP contribution in [0.25, 0.3) is 0 Å². The second kappa shape index (κ2) is 14.1. The van der Waals surface area contributed by atoms with Crippen molar-refractivity contribution in [1.29, 1.82) is 0 Å². The number of ether oxygens (including phenoxy) is 4. The van der Waals surface area contributed by atoms with Gasteiger partial charge in [-0.15, -0.1) is 11.3 Å². The smallest absolute Gasteiger partial charge is 0.247 e. The second-order valence-corrected chi connectivity index (χ2v) is 10.8. The minimum Gasteiger partial charge on any atom is -0.496 e. The Labute approximate surface area is 240 Å². The zero-order valence-electron chi connectivity index (χ0n) is 23.6. The molecule has 4 rings (SSSR count). The first-order valence-electron chi connectivity index (χ1n) is 13.5. The highest BCUT2D eigenvalue weighted by Gasteiger charge is 2.35. The minimum absolute atomic E-state index is 0.0614. The summed E-state index contributed by atoms with van der Waals surface area (Å²) in [5, 5.41) is 5.20. The molecule has 9 heteroatoms. The van der Waals surface area contributed by atoms with Crippen LogP contribution in [0.1, 0.15) is 54.1 Å².